The molecule has 2 N–H and O–H groups in total. The summed E-state index contributed by atoms with van der Waals surface area (Å²) in [6, 6.07) is 5.40. The zero-order chi connectivity index (χ0) is 12.1. The van der Waals surface area contributed by atoms with Gasteiger partial charge in [-0.2, -0.15) is 0 Å². The summed E-state index contributed by atoms with van der Waals surface area (Å²) in [7, 11) is 0. The van der Waals surface area contributed by atoms with Gasteiger partial charge in [0.1, 0.15) is 6.10 Å². The van der Waals surface area contributed by atoms with Crippen LogP contribution < -0.4 is 0 Å². The van der Waals surface area contributed by atoms with Gasteiger partial charge >= 0.3 is 0 Å². The van der Waals surface area contributed by atoms with E-state index in [1.165, 1.54) is 24.3 Å². The molecule has 1 aromatic rings. The maximum absolute atomic E-state index is 10.4. The Kier molecular flexibility index (Phi) is 4.67. The van der Waals surface area contributed by atoms with E-state index in [1.54, 1.807) is 0 Å². The first-order valence-corrected chi connectivity index (χ1v) is 5.26. The van der Waals surface area contributed by atoms with Crippen molar-refractivity contribution in [1.29, 1.82) is 0 Å². The van der Waals surface area contributed by atoms with Gasteiger partial charge in [-0.25, -0.2) is 0 Å². The van der Waals surface area contributed by atoms with Gasteiger partial charge in [-0.15, -0.1) is 11.6 Å². The van der Waals surface area contributed by atoms with Crippen molar-refractivity contribution >= 4 is 17.3 Å². The molecule has 16 heavy (non-hydrogen) atoms. The van der Waals surface area contributed by atoms with Crippen LogP contribution in [0, 0.1) is 10.1 Å². The molecule has 88 valence electrons. The molecular weight excluding hydrogens is 234 g/mol. The number of nitro benzene ring substituents is 1. The standard InChI is InChI=1S/C10H12ClNO4/c11-6-5-9(13)10(14)7-1-3-8(4-2-7)12(15)16/h1-4,9-10,13-14H,5-6H2. The van der Waals surface area contributed by atoms with Crippen molar-refractivity contribution in [2.24, 2.45) is 0 Å². The lowest BCUT2D eigenvalue weighted by Crippen LogP contribution is -2.18. The number of halogens is 1. The predicted octanol–water partition coefficient (Wildman–Crippen LogP) is 1.62. The van der Waals surface area contributed by atoms with E-state index in [0.29, 0.717) is 5.56 Å². The monoisotopic (exact) mass is 245 g/mol. The Morgan fingerprint density at radius 1 is 1.31 bits per heavy atom. The molecular formula is C10H12ClNO4. The molecule has 1 aromatic carbocycles. The number of aliphatic hydroxyl groups is 2. The quantitative estimate of drug-likeness (QED) is 0.469. The van der Waals surface area contributed by atoms with Crippen molar-refractivity contribution in [3.05, 3.63) is 39.9 Å². The summed E-state index contributed by atoms with van der Waals surface area (Å²) < 4.78 is 0. The van der Waals surface area contributed by atoms with Crippen molar-refractivity contribution < 1.29 is 15.1 Å². The number of hydrogen-bond donors (Lipinski definition) is 2. The molecule has 0 fully saturated rings. The molecule has 0 amide bonds. The summed E-state index contributed by atoms with van der Waals surface area (Å²) >= 11 is 5.43. The molecule has 6 heteroatoms. The van der Waals surface area contributed by atoms with E-state index in [-0.39, 0.29) is 18.0 Å². The van der Waals surface area contributed by atoms with Crippen LogP contribution in [-0.2, 0) is 0 Å². The Hall–Kier alpha value is -1.17. The summed E-state index contributed by atoms with van der Waals surface area (Å²) in [6.07, 6.45) is -1.77. The first-order valence-electron chi connectivity index (χ1n) is 4.72. The molecule has 0 aliphatic heterocycles. The van der Waals surface area contributed by atoms with E-state index < -0.39 is 17.1 Å². The molecule has 2 unspecified atom stereocenters. The second-order valence-electron chi connectivity index (χ2n) is 3.34. The van der Waals surface area contributed by atoms with E-state index in [4.69, 9.17) is 11.6 Å². The number of nitrogens with zero attached hydrogens (tertiary/aromatic N) is 1. The highest BCUT2D eigenvalue weighted by molar-refractivity contribution is 6.17. The third-order valence-corrected chi connectivity index (χ3v) is 2.43. The molecule has 0 heterocycles. The minimum atomic E-state index is -1.07. The largest absolute Gasteiger partial charge is 0.390 e. The van der Waals surface area contributed by atoms with Gasteiger partial charge < -0.3 is 10.2 Å². The number of non-ortho nitro benzene ring substituents is 1. The number of nitro groups is 1. The van der Waals surface area contributed by atoms with Crippen molar-refractivity contribution in [3.63, 3.8) is 0 Å². The van der Waals surface area contributed by atoms with Gasteiger partial charge in [0.25, 0.3) is 5.69 Å². The van der Waals surface area contributed by atoms with Crippen molar-refractivity contribution in [2.45, 2.75) is 18.6 Å². The van der Waals surface area contributed by atoms with Crippen molar-refractivity contribution in [3.8, 4) is 0 Å². The Morgan fingerprint density at radius 2 is 1.88 bits per heavy atom. The Balaban J connectivity index is 2.77. The average molecular weight is 246 g/mol. The fraction of sp³-hybridized carbons (Fsp3) is 0.400. The first kappa shape index (κ1) is 12.9. The SMILES string of the molecule is O=[N+]([O-])c1ccc(C(O)C(O)CCCl)cc1. The highest BCUT2D eigenvalue weighted by Gasteiger charge is 2.18. The molecule has 0 aliphatic rings. The maximum atomic E-state index is 10.4. The molecule has 0 saturated heterocycles. The summed E-state index contributed by atoms with van der Waals surface area (Å²) in [5.41, 5.74) is 0.381. The lowest BCUT2D eigenvalue weighted by atomic mass is 10.0. The van der Waals surface area contributed by atoms with Crippen LogP contribution in [-0.4, -0.2) is 27.1 Å². The molecule has 0 aliphatic carbocycles. The number of alkyl halides is 1. The van der Waals surface area contributed by atoms with E-state index in [9.17, 15) is 20.3 Å². The summed E-state index contributed by atoms with van der Waals surface area (Å²) in [4.78, 5) is 9.87. The minimum Gasteiger partial charge on any atom is -0.390 e. The third-order valence-electron chi connectivity index (χ3n) is 2.21. The van der Waals surface area contributed by atoms with Crippen LogP contribution in [0.15, 0.2) is 24.3 Å². The van der Waals surface area contributed by atoms with Crippen LogP contribution in [0.5, 0.6) is 0 Å². The van der Waals surface area contributed by atoms with E-state index in [0.717, 1.165) is 0 Å². The number of benzene rings is 1. The highest BCUT2D eigenvalue weighted by Crippen LogP contribution is 2.21. The molecule has 5 nitrogen and oxygen atoms in total. The topological polar surface area (TPSA) is 83.6 Å². The van der Waals surface area contributed by atoms with Gasteiger partial charge in [-0.05, 0) is 24.1 Å². The summed E-state index contributed by atoms with van der Waals surface area (Å²) in [5.74, 6) is 0.241. The van der Waals surface area contributed by atoms with E-state index in [2.05, 4.69) is 0 Å². The van der Waals surface area contributed by atoms with Crippen LogP contribution in [0.1, 0.15) is 18.1 Å². The molecule has 0 aromatic heterocycles. The van der Waals surface area contributed by atoms with Gasteiger partial charge in [-0.1, -0.05) is 0 Å². The molecule has 0 bridgehead atoms. The number of aliphatic hydroxyl groups excluding tert-OH is 2. The molecule has 2 atom stereocenters. The molecule has 0 spiro atoms. The van der Waals surface area contributed by atoms with Gasteiger partial charge in [-0.3, -0.25) is 10.1 Å². The van der Waals surface area contributed by atoms with Crippen molar-refractivity contribution in [1.82, 2.24) is 0 Å². The van der Waals surface area contributed by atoms with Gasteiger partial charge in [0.2, 0.25) is 0 Å². The lowest BCUT2D eigenvalue weighted by molar-refractivity contribution is -0.384. The van der Waals surface area contributed by atoms with Crippen LogP contribution in [0.2, 0.25) is 0 Å². The Bertz CT molecular complexity index is 354. The predicted molar refractivity (Wildman–Crippen MR) is 59.4 cm³/mol. The van der Waals surface area contributed by atoms with Gasteiger partial charge in [0, 0.05) is 18.0 Å². The van der Waals surface area contributed by atoms with Gasteiger partial charge in [0.15, 0.2) is 0 Å². The fourth-order valence-electron chi connectivity index (χ4n) is 1.29. The van der Waals surface area contributed by atoms with Crippen LogP contribution in [0.3, 0.4) is 0 Å². The summed E-state index contributed by atoms with van der Waals surface area (Å²) in [5, 5.41) is 29.5. The molecule has 0 radical (unpaired) electrons. The fourth-order valence-corrected chi connectivity index (χ4v) is 1.51. The Labute approximate surface area is 97.4 Å². The zero-order valence-electron chi connectivity index (χ0n) is 8.41. The van der Waals surface area contributed by atoms with Crippen molar-refractivity contribution in [2.75, 3.05) is 5.88 Å². The maximum Gasteiger partial charge on any atom is 0.269 e. The summed E-state index contributed by atoms with van der Waals surface area (Å²) in [6.45, 7) is 0. The molecule has 1 rings (SSSR count). The van der Waals surface area contributed by atoms with Crippen LogP contribution >= 0.6 is 11.6 Å². The Morgan fingerprint density at radius 3 is 2.31 bits per heavy atom. The van der Waals surface area contributed by atoms with E-state index >= 15 is 0 Å². The second kappa shape index (κ2) is 5.79. The smallest absolute Gasteiger partial charge is 0.269 e. The number of rotatable bonds is 5. The van der Waals surface area contributed by atoms with Crippen LogP contribution in [0.4, 0.5) is 5.69 Å². The highest BCUT2D eigenvalue weighted by atomic mass is 35.5. The van der Waals surface area contributed by atoms with E-state index in [1.807, 2.05) is 0 Å². The second-order valence-corrected chi connectivity index (χ2v) is 3.72. The normalized spacial score (nSPS) is 14.4. The average Bonchev–Trinajstić information content (AvgIpc) is 2.28. The van der Waals surface area contributed by atoms with Crippen LogP contribution in [0.25, 0.3) is 0 Å². The lowest BCUT2D eigenvalue weighted by Gasteiger charge is -2.16. The van der Waals surface area contributed by atoms with Gasteiger partial charge in [0.05, 0.1) is 11.0 Å². The number of hydrogen-bond acceptors (Lipinski definition) is 4. The first-order chi connectivity index (χ1) is 7.56. The minimum absolute atomic E-state index is 0.0530. The molecule has 0 saturated carbocycles. The third kappa shape index (κ3) is 3.16. The zero-order valence-corrected chi connectivity index (χ0v) is 9.17.